The normalized spacial score (nSPS) is 19.9. The lowest BCUT2D eigenvalue weighted by atomic mass is 10.2. The van der Waals surface area contributed by atoms with E-state index in [1.807, 2.05) is 36.2 Å². The Bertz CT molecular complexity index is 462. The zero-order valence-electron chi connectivity index (χ0n) is 10.6. The van der Waals surface area contributed by atoms with Gasteiger partial charge in [0.1, 0.15) is 4.33 Å². The molecule has 0 saturated heterocycles. The number of likely N-dealkylation sites (N-methyl/N-ethyl adjacent to an activating group) is 1. The van der Waals surface area contributed by atoms with Crippen LogP contribution in [0.25, 0.3) is 0 Å². The molecule has 1 fully saturated rings. The van der Waals surface area contributed by atoms with Gasteiger partial charge in [-0.05, 0) is 30.7 Å². The fourth-order valence-corrected chi connectivity index (χ4v) is 2.31. The van der Waals surface area contributed by atoms with E-state index in [4.69, 9.17) is 28.3 Å². The number of nitrogens with zero attached hydrogens (tertiary/aromatic N) is 1. The molecule has 1 aliphatic rings. The van der Waals surface area contributed by atoms with Crippen LogP contribution in [0.4, 0.5) is 11.4 Å². The minimum Gasteiger partial charge on any atom is -0.395 e. The number of carbonyl (C=O) groups is 1. The molecule has 2 rings (SSSR count). The monoisotopic (exact) mass is 302 g/mol. The van der Waals surface area contributed by atoms with Crippen molar-refractivity contribution < 1.29 is 9.90 Å². The van der Waals surface area contributed by atoms with Gasteiger partial charge in [0.25, 0.3) is 0 Å². The molecule has 1 atom stereocenters. The van der Waals surface area contributed by atoms with Crippen LogP contribution in [0.3, 0.4) is 0 Å². The van der Waals surface area contributed by atoms with Crippen molar-refractivity contribution in [1.82, 2.24) is 0 Å². The molecule has 104 valence electrons. The van der Waals surface area contributed by atoms with Gasteiger partial charge in [-0.15, -0.1) is 23.2 Å². The molecule has 1 aromatic carbocycles. The first kappa shape index (κ1) is 14.4. The number of nitrogens with one attached hydrogen (secondary N) is 1. The van der Waals surface area contributed by atoms with Gasteiger partial charge >= 0.3 is 0 Å². The molecule has 0 aliphatic heterocycles. The molecule has 0 aromatic heterocycles. The fourth-order valence-electron chi connectivity index (χ4n) is 1.81. The minimum atomic E-state index is -0.897. The molecule has 0 heterocycles. The molecule has 1 saturated carbocycles. The first-order valence-corrected chi connectivity index (χ1v) is 6.80. The first-order valence-electron chi connectivity index (χ1n) is 6.05. The van der Waals surface area contributed by atoms with Crippen LogP contribution in [0.1, 0.15) is 6.42 Å². The van der Waals surface area contributed by atoms with Gasteiger partial charge in [0.05, 0.1) is 12.5 Å². The smallest absolute Gasteiger partial charge is 0.230 e. The molecular weight excluding hydrogens is 287 g/mol. The van der Waals surface area contributed by atoms with Gasteiger partial charge in [0.15, 0.2) is 0 Å². The topological polar surface area (TPSA) is 52.6 Å². The van der Waals surface area contributed by atoms with Crippen LogP contribution in [0.2, 0.25) is 0 Å². The van der Waals surface area contributed by atoms with E-state index in [0.717, 1.165) is 5.69 Å². The van der Waals surface area contributed by atoms with Crippen LogP contribution in [0.5, 0.6) is 0 Å². The van der Waals surface area contributed by atoms with Gasteiger partial charge in [-0.25, -0.2) is 0 Å². The van der Waals surface area contributed by atoms with E-state index < -0.39 is 4.33 Å². The number of aliphatic hydroxyl groups is 1. The van der Waals surface area contributed by atoms with Crippen molar-refractivity contribution in [2.24, 2.45) is 5.92 Å². The maximum absolute atomic E-state index is 11.8. The number of alkyl halides is 2. The molecule has 19 heavy (non-hydrogen) atoms. The summed E-state index contributed by atoms with van der Waals surface area (Å²) >= 11 is 11.7. The third kappa shape index (κ3) is 3.53. The van der Waals surface area contributed by atoms with Gasteiger partial charge < -0.3 is 15.3 Å². The quantitative estimate of drug-likeness (QED) is 0.820. The van der Waals surface area contributed by atoms with Crippen LogP contribution < -0.4 is 10.2 Å². The highest BCUT2D eigenvalue weighted by Gasteiger charge is 2.56. The average Bonchev–Trinajstić information content (AvgIpc) is 3.00. The van der Waals surface area contributed by atoms with Crippen molar-refractivity contribution in [3.8, 4) is 0 Å². The van der Waals surface area contributed by atoms with Crippen LogP contribution >= 0.6 is 23.2 Å². The Hall–Kier alpha value is -0.970. The van der Waals surface area contributed by atoms with E-state index >= 15 is 0 Å². The van der Waals surface area contributed by atoms with E-state index in [0.29, 0.717) is 18.7 Å². The first-order chi connectivity index (χ1) is 8.94. The summed E-state index contributed by atoms with van der Waals surface area (Å²) in [6, 6.07) is 7.39. The molecule has 4 nitrogen and oxygen atoms in total. The second kappa shape index (κ2) is 5.57. The summed E-state index contributed by atoms with van der Waals surface area (Å²) in [5.74, 6) is -0.478. The zero-order valence-corrected chi connectivity index (χ0v) is 12.1. The lowest BCUT2D eigenvalue weighted by molar-refractivity contribution is -0.117. The maximum Gasteiger partial charge on any atom is 0.230 e. The van der Waals surface area contributed by atoms with Crippen LogP contribution in [-0.2, 0) is 4.79 Å². The maximum atomic E-state index is 11.8. The van der Waals surface area contributed by atoms with Gasteiger partial charge in [-0.2, -0.15) is 0 Å². The standard InChI is InChI=1S/C13H16Cl2N2O2/c1-17(6-7-18)10-4-2-9(3-5-10)16-12(19)11-8-13(11,14)15/h2-5,11,18H,6-8H2,1H3,(H,16,19). The Balaban J connectivity index is 1.94. The summed E-state index contributed by atoms with van der Waals surface area (Å²) in [5.41, 5.74) is 1.68. The molecule has 1 unspecified atom stereocenters. The lowest BCUT2D eigenvalue weighted by Gasteiger charge is -2.18. The Morgan fingerprint density at radius 1 is 1.47 bits per heavy atom. The molecule has 1 aliphatic carbocycles. The highest BCUT2D eigenvalue weighted by atomic mass is 35.5. The fraction of sp³-hybridized carbons (Fsp3) is 0.462. The van der Waals surface area contributed by atoms with E-state index in [-0.39, 0.29) is 18.4 Å². The Morgan fingerprint density at radius 3 is 2.53 bits per heavy atom. The number of hydrogen-bond donors (Lipinski definition) is 2. The van der Waals surface area contributed by atoms with Crippen LogP contribution in [0, 0.1) is 5.92 Å². The second-order valence-corrected chi connectivity index (χ2v) is 6.24. The lowest BCUT2D eigenvalue weighted by Crippen LogP contribution is -2.21. The molecule has 6 heteroatoms. The van der Waals surface area contributed by atoms with Crippen LogP contribution in [-0.4, -0.2) is 35.5 Å². The number of anilines is 2. The van der Waals surface area contributed by atoms with Crippen molar-refractivity contribution in [3.63, 3.8) is 0 Å². The number of amides is 1. The van der Waals surface area contributed by atoms with Crippen molar-refractivity contribution in [2.45, 2.75) is 10.8 Å². The summed E-state index contributed by atoms with van der Waals surface area (Å²) in [5, 5.41) is 11.6. The largest absolute Gasteiger partial charge is 0.395 e. The van der Waals surface area contributed by atoms with Gasteiger partial charge in [0.2, 0.25) is 5.91 Å². The van der Waals surface area contributed by atoms with E-state index in [2.05, 4.69) is 5.32 Å². The average molecular weight is 303 g/mol. The summed E-state index contributed by atoms with van der Waals surface area (Å²) in [6.07, 6.45) is 0.499. The predicted molar refractivity (Wildman–Crippen MR) is 78.0 cm³/mol. The molecule has 2 N–H and O–H groups in total. The summed E-state index contributed by atoms with van der Waals surface area (Å²) in [6.45, 7) is 0.666. The SMILES string of the molecule is CN(CCO)c1ccc(NC(=O)C2CC2(Cl)Cl)cc1. The number of hydrogen-bond acceptors (Lipinski definition) is 3. The minimum absolute atomic E-state index is 0.101. The van der Waals surface area contributed by atoms with Gasteiger partial charge in [-0.1, -0.05) is 0 Å². The van der Waals surface area contributed by atoms with Crippen LogP contribution in [0.15, 0.2) is 24.3 Å². The number of aliphatic hydroxyl groups excluding tert-OH is 1. The van der Waals surface area contributed by atoms with Crippen molar-refractivity contribution in [1.29, 1.82) is 0 Å². The summed E-state index contributed by atoms with van der Waals surface area (Å²) in [4.78, 5) is 13.7. The third-order valence-corrected chi connectivity index (χ3v) is 3.99. The van der Waals surface area contributed by atoms with Gasteiger partial charge in [-0.3, -0.25) is 4.79 Å². The van der Waals surface area contributed by atoms with Crippen molar-refractivity contribution in [3.05, 3.63) is 24.3 Å². The zero-order chi connectivity index (χ0) is 14.0. The second-order valence-electron chi connectivity index (χ2n) is 4.70. The summed E-state index contributed by atoms with van der Waals surface area (Å²) in [7, 11) is 1.89. The van der Waals surface area contributed by atoms with Gasteiger partial charge in [0, 0.05) is 25.0 Å². The predicted octanol–water partition coefficient (Wildman–Crippen LogP) is 2.25. The molecule has 0 radical (unpaired) electrons. The Morgan fingerprint density at radius 2 is 2.05 bits per heavy atom. The number of halogens is 2. The number of carbonyl (C=O) groups excluding carboxylic acids is 1. The molecule has 0 bridgehead atoms. The molecule has 1 aromatic rings. The van der Waals surface area contributed by atoms with E-state index in [9.17, 15) is 4.79 Å². The van der Waals surface area contributed by atoms with E-state index in [1.165, 1.54) is 0 Å². The highest BCUT2D eigenvalue weighted by molar-refractivity contribution is 6.52. The number of rotatable bonds is 5. The van der Waals surface area contributed by atoms with Crippen molar-refractivity contribution >= 4 is 40.5 Å². The highest BCUT2D eigenvalue weighted by Crippen LogP contribution is 2.53. The molecular formula is C13H16Cl2N2O2. The molecule has 0 spiro atoms. The summed E-state index contributed by atoms with van der Waals surface area (Å²) < 4.78 is -0.897. The third-order valence-electron chi connectivity index (χ3n) is 3.15. The Labute approximate surface area is 122 Å². The van der Waals surface area contributed by atoms with Crippen molar-refractivity contribution in [2.75, 3.05) is 30.4 Å². The number of benzene rings is 1. The van der Waals surface area contributed by atoms with E-state index in [1.54, 1.807) is 0 Å². The Kier molecular flexibility index (Phi) is 4.23. The molecule has 1 amide bonds.